The predicted molar refractivity (Wildman–Crippen MR) is 82.2 cm³/mol. The van der Waals surface area contributed by atoms with Gasteiger partial charge in [-0.05, 0) is 36.4 Å². The summed E-state index contributed by atoms with van der Waals surface area (Å²) < 4.78 is 5.58. The number of nitrogens with one attached hydrogen (secondary N) is 1. The number of hydrogen-bond acceptors (Lipinski definition) is 6. The SMILES string of the molecule is Nc1ccc(OCCNc2nnc3ccccc3n2)cc1. The molecule has 1 heterocycles. The number of nitrogen functional groups attached to an aromatic ring is 1. The fourth-order valence-corrected chi connectivity index (χ4v) is 1.85. The van der Waals surface area contributed by atoms with Gasteiger partial charge in [-0.2, -0.15) is 0 Å². The second kappa shape index (κ2) is 6.04. The van der Waals surface area contributed by atoms with Gasteiger partial charge in [-0.25, -0.2) is 4.98 Å². The lowest BCUT2D eigenvalue weighted by Gasteiger charge is -2.07. The van der Waals surface area contributed by atoms with E-state index in [1.54, 1.807) is 12.1 Å². The molecule has 0 aliphatic heterocycles. The monoisotopic (exact) mass is 281 g/mol. The first kappa shape index (κ1) is 13.1. The molecule has 6 heteroatoms. The molecule has 3 rings (SSSR count). The van der Waals surface area contributed by atoms with E-state index >= 15 is 0 Å². The third kappa shape index (κ3) is 3.36. The first-order valence-corrected chi connectivity index (χ1v) is 6.63. The van der Waals surface area contributed by atoms with Gasteiger partial charge < -0.3 is 15.8 Å². The second-order valence-corrected chi connectivity index (χ2v) is 4.47. The highest BCUT2D eigenvalue weighted by atomic mass is 16.5. The van der Waals surface area contributed by atoms with E-state index in [9.17, 15) is 0 Å². The van der Waals surface area contributed by atoms with Crippen LogP contribution in [0.1, 0.15) is 0 Å². The molecule has 0 fully saturated rings. The van der Waals surface area contributed by atoms with Crippen LogP contribution >= 0.6 is 0 Å². The number of rotatable bonds is 5. The van der Waals surface area contributed by atoms with Crippen molar-refractivity contribution in [3.05, 3.63) is 48.5 Å². The Hall–Kier alpha value is -2.89. The van der Waals surface area contributed by atoms with E-state index in [0.29, 0.717) is 19.1 Å². The van der Waals surface area contributed by atoms with Crippen molar-refractivity contribution in [1.82, 2.24) is 15.2 Å². The van der Waals surface area contributed by atoms with Crippen LogP contribution in [-0.2, 0) is 0 Å². The Morgan fingerprint density at radius 2 is 1.71 bits per heavy atom. The molecule has 0 bridgehead atoms. The molecule has 3 N–H and O–H groups in total. The van der Waals surface area contributed by atoms with Crippen LogP contribution in [0, 0.1) is 0 Å². The van der Waals surface area contributed by atoms with Crippen LogP contribution in [0.4, 0.5) is 11.6 Å². The highest BCUT2D eigenvalue weighted by Crippen LogP contribution is 2.13. The molecular weight excluding hydrogens is 266 g/mol. The normalized spacial score (nSPS) is 10.5. The summed E-state index contributed by atoms with van der Waals surface area (Å²) in [4.78, 5) is 4.37. The average Bonchev–Trinajstić information content (AvgIpc) is 2.53. The maximum absolute atomic E-state index is 5.61. The van der Waals surface area contributed by atoms with Crippen LogP contribution < -0.4 is 15.8 Å². The smallest absolute Gasteiger partial charge is 0.243 e. The van der Waals surface area contributed by atoms with Gasteiger partial charge in [-0.1, -0.05) is 12.1 Å². The summed E-state index contributed by atoms with van der Waals surface area (Å²) in [5.41, 5.74) is 7.92. The third-order valence-corrected chi connectivity index (χ3v) is 2.89. The zero-order chi connectivity index (χ0) is 14.5. The van der Waals surface area contributed by atoms with Crippen LogP contribution in [-0.4, -0.2) is 28.3 Å². The van der Waals surface area contributed by atoms with Gasteiger partial charge in [-0.3, -0.25) is 0 Å². The second-order valence-electron chi connectivity index (χ2n) is 4.47. The summed E-state index contributed by atoms with van der Waals surface area (Å²) in [6.45, 7) is 1.09. The predicted octanol–water partition coefficient (Wildman–Crippen LogP) is 2.10. The molecule has 3 aromatic rings. The number of aromatic nitrogens is 3. The minimum Gasteiger partial charge on any atom is -0.492 e. The highest BCUT2D eigenvalue weighted by molar-refractivity contribution is 5.73. The Kier molecular flexibility index (Phi) is 3.77. The van der Waals surface area contributed by atoms with Gasteiger partial charge in [0.1, 0.15) is 17.9 Å². The summed E-state index contributed by atoms with van der Waals surface area (Å²) in [6.07, 6.45) is 0. The first-order valence-electron chi connectivity index (χ1n) is 6.63. The van der Waals surface area contributed by atoms with Crippen LogP contribution in [0.25, 0.3) is 11.0 Å². The fourth-order valence-electron chi connectivity index (χ4n) is 1.85. The molecule has 0 saturated carbocycles. The molecule has 2 aromatic carbocycles. The molecule has 0 radical (unpaired) electrons. The van der Waals surface area contributed by atoms with E-state index in [4.69, 9.17) is 10.5 Å². The van der Waals surface area contributed by atoms with E-state index < -0.39 is 0 Å². The fraction of sp³-hybridized carbons (Fsp3) is 0.133. The molecule has 6 nitrogen and oxygen atoms in total. The van der Waals surface area contributed by atoms with Crippen molar-refractivity contribution >= 4 is 22.7 Å². The molecular formula is C15H15N5O. The number of hydrogen-bond donors (Lipinski definition) is 2. The molecule has 0 spiro atoms. The van der Waals surface area contributed by atoms with Crippen molar-refractivity contribution in [3.8, 4) is 5.75 Å². The zero-order valence-corrected chi connectivity index (χ0v) is 11.4. The van der Waals surface area contributed by atoms with Crippen molar-refractivity contribution in [2.45, 2.75) is 0 Å². The molecule has 21 heavy (non-hydrogen) atoms. The van der Waals surface area contributed by atoms with Crippen LogP contribution in [0.15, 0.2) is 48.5 Å². The maximum Gasteiger partial charge on any atom is 0.243 e. The maximum atomic E-state index is 5.61. The van der Waals surface area contributed by atoms with Crippen LogP contribution in [0.3, 0.4) is 0 Å². The lowest BCUT2D eigenvalue weighted by Crippen LogP contribution is -2.13. The molecule has 0 amide bonds. The number of para-hydroxylation sites is 1. The summed E-state index contributed by atoms with van der Waals surface area (Å²) in [5, 5.41) is 11.2. The van der Waals surface area contributed by atoms with Crippen molar-refractivity contribution in [2.75, 3.05) is 24.2 Å². The van der Waals surface area contributed by atoms with Crippen LogP contribution in [0.5, 0.6) is 5.75 Å². The summed E-state index contributed by atoms with van der Waals surface area (Å²) in [6, 6.07) is 14.9. The van der Waals surface area contributed by atoms with Gasteiger partial charge in [0.05, 0.1) is 12.1 Å². The zero-order valence-electron chi connectivity index (χ0n) is 11.4. The quantitative estimate of drug-likeness (QED) is 0.550. The van der Waals surface area contributed by atoms with Gasteiger partial charge in [0, 0.05) is 5.69 Å². The number of ether oxygens (including phenoxy) is 1. The van der Waals surface area contributed by atoms with Gasteiger partial charge in [0.2, 0.25) is 5.95 Å². The Balaban J connectivity index is 1.53. The van der Waals surface area contributed by atoms with Crippen molar-refractivity contribution in [2.24, 2.45) is 0 Å². The largest absolute Gasteiger partial charge is 0.492 e. The highest BCUT2D eigenvalue weighted by Gasteiger charge is 2.00. The minimum absolute atomic E-state index is 0.495. The number of anilines is 2. The topological polar surface area (TPSA) is 86.0 Å². The van der Waals surface area contributed by atoms with Gasteiger partial charge >= 0.3 is 0 Å². The number of fused-ring (bicyclic) bond motifs is 1. The van der Waals surface area contributed by atoms with E-state index in [2.05, 4.69) is 20.5 Å². The lowest BCUT2D eigenvalue weighted by atomic mass is 10.3. The van der Waals surface area contributed by atoms with Crippen molar-refractivity contribution < 1.29 is 4.74 Å². The molecule has 0 saturated heterocycles. The molecule has 0 aliphatic carbocycles. The Bertz CT molecular complexity index is 729. The van der Waals surface area contributed by atoms with E-state index in [-0.39, 0.29) is 0 Å². The molecule has 1 aromatic heterocycles. The average molecular weight is 281 g/mol. The Morgan fingerprint density at radius 1 is 0.952 bits per heavy atom. The molecule has 106 valence electrons. The van der Waals surface area contributed by atoms with E-state index in [0.717, 1.165) is 22.5 Å². The molecule has 0 atom stereocenters. The molecule has 0 unspecified atom stereocenters. The number of nitrogens with zero attached hydrogens (tertiary/aromatic N) is 3. The third-order valence-electron chi connectivity index (χ3n) is 2.89. The standard InChI is InChI=1S/C15H15N5O/c16-11-5-7-12(8-6-11)21-10-9-17-15-18-13-3-1-2-4-14(13)19-20-15/h1-8H,9-10,16H2,(H,17,18,20). The van der Waals surface area contributed by atoms with E-state index in [1.807, 2.05) is 36.4 Å². The summed E-state index contributed by atoms with van der Waals surface area (Å²) >= 11 is 0. The van der Waals surface area contributed by atoms with E-state index in [1.165, 1.54) is 0 Å². The van der Waals surface area contributed by atoms with Crippen LogP contribution in [0.2, 0.25) is 0 Å². The lowest BCUT2D eigenvalue weighted by molar-refractivity contribution is 0.332. The van der Waals surface area contributed by atoms with Gasteiger partial charge in [0.15, 0.2) is 0 Å². The minimum atomic E-state index is 0.495. The number of nitrogens with two attached hydrogens (primary N) is 1. The van der Waals surface area contributed by atoms with Crippen molar-refractivity contribution in [3.63, 3.8) is 0 Å². The van der Waals surface area contributed by atoms with Crippen molar-refractivity contribution in [1.29, 1.82) is 0 Å². The van der Waals surface area contributed by atoms with Gasteiger partial charge in [-0.15, -0.1) is 10.2 Å². The first-order chi connectivity index (χ1) is 10.3. The Morgan fingerprint density at radius 3 is 2.52 bits per heavy atom. The van der Waals surface area contributed by atoms with Gasteiger partial charge in [0.25, 0.3) is 0 Å². The summed E-state index contributed by atoms with van der Waals surface area (Å²) in [7, 11) is 0. The molecule has 0 aliphatic rings. The number of benzene rings is 2. The summed E-state index contributed by atoms with van der Waals surface area (Å²) in [5.74, 6) is 1.28. The Labute approximate surface area is 122 Å².